The summed E-state index contributed by atoms with van der Waals surface area (Å²) < 4.78 is 1.78. The van der Waals surface area contributed by atoms with Crippen LogP contribution < -0.4 is 0 Å². The molecule has 0 N–H and O–H groups in total. The fraction of sp³-hybridized carbons (Fsp3) is 0.222. The van der Waals surface area contributed by atoms with E-state index in [1.165, 1.54) is 0 Å². The lowest BCUT2D eigenvalue weighted by Gasteiger charge is -2.01. The molecule has 0 saturated heterocycles. The first-order valence-corrected chi connectivity index (χ1v) is 5.32. The molecule has 2 aromatic rings. The van der Waals surface area contributed by atoms with E-state index in [1.807, 2.05) is 25.3 Å². The first-order valence-electron chi connectivity index (χ1n) is 4.20. The maximum absolute atomic E-state index is 4.24. The van der Waals surface area contributed by atoms with Crippen LogP contribution in [0.15, 0.2) is 24.5 Å². The van der Waals surface area contributed by atoms with Crippen LogP contribution in [0, 0.1) is 6.92 Å². The first-order chi connectivity index (χ1) is 6.83. The Balaban J connectivity index is 2.48. The zero-order valence-corrected chi connectivity index (χ0v) is 9.27. The van der Waals surface area contributed by atoms with Crippen molar-refractivity contribution in [2.45, 2.75) is 12.3 Å². The Morgan fingerprint density at radius 2 is 2.36 bits per heavy atom. The number of nitrogens with zero attached hydrogens (tertiary/aromatic N) is 4. The second-order valence-corrected chi connectivity index (χ2v) is 3.44. The van der Waals surface area contributed by atoms with Gasteiger partial charge in [-0.1, -0.05) is 15.9 Å². The van der Waals surface area contributed by atoms with Crippen LogP contribution in [0.1, 0.15) is 11.3 Å². The van der Waals surface area contributed by atoms with Crippen LogP contribution in [-0.4, -0.2) is 20.0 Å². The third kappa shape index (κ3) is 1.55. The SMILES string of the molecule is Cc1c(CBr)cnn1-c1cccnn1. The van der Waals surface area contributed by atoms with E-state index in [-0.39, 0.29) is 0 Å². The van der Waals surface area contributed by atoms with Gasteiger partial charge in [-0.05, 0) is 19.1 Å². The van der Waals surface area contributed by atoms with Gasteiger partial charge in [0.1, 0.15) is 0 Å². The van der Waals surface area contributed by atoms with Gasteiger partial charge in [0.2, 0.25) is 0 Å². The predicted octanol–water partition coefficient (Wildman–Crippen LogP) is 1.87. The Kier molecular flexibility index (Phi) is 2.58. The number of halogens is 1. The molecule has 0 aromatic carbocycles. The molecular formula is C9H9BrN4. The quantitative estimate of drug-likeness (QED) is 0.767. The van der Waals surface area contributed by atoms with Crippen molar-refractivity contribution in [1.82, 2.24) is 20.0 Å². The van der Waals surface area contributed by atoms with Crippen LogP contribution in [0.4, 0.5) is 0 Å². The minimum atomic E-state index is 0.747. The molecule has 5 heteroatoms. The molecule has 0 radical (unpaired) electrons. The van der Waals surface area contributed by atoms with E-state index in [2.05, 4.69) is 31.2 Å². The summed E-state index contributed by atoms with van der Waals surface area (Å²) in [4.78, 5) is 0. The van der Waals surface area contributed by atoms with Crippen LogP contribution in [-0.2, 0) is 5.33 Å². The molecule has 0 amide bonds. The molecule has 72 valence electrons. The summed E-state index contributed by atoms with van der Waals surface area (Å²) in [6.07, 6.45) is 3.48. The Bertz CT molecular complexity index is 424. The predicted molar refractivity (Wildman–Crippen MR) is 56.5 cm³/mol. The van der Waals surface area contributed by atoms with E-state index in [0.717, 1.165) is 22.4 Å². The van der Waals surface area contributed by atoms with Crippen molar-refractivity contribution in [2.24, 2.45) is 0 Å². The van der Waals surface area contributed by atoms with E-state index in [0.29, 0.717) is 0 Å². The van der Waals surface area contributed by atoms with Gasteiger partial charge in [0.25, 0.3) is 0 Å². The van der Waals surface area contributed by atoms with Crippen molar-refractivity contribution < 1.29 is 0 Å². The molecule has 0 fully saturated rings. The highest BCUT2D eigenvalue weighted by Crippen LogP contribution is 2.13. The molecule has 2 aromatic heterocycles. The topological polar surface area (TPSA) is 43.6 Å². The normalized spacial score (nSPS) is 10.4. The van der Waals surface area contributed by atoms with Gasteiger partial charge in [0.05, 0.1) is 6.20 Å². The average molecular weight is 253 g/mol. The maximum atomic E-state index is 4.24. The summed E-state index contributed by atoms with van der Waals surface area (Å²) in [5, 5.41) is 12.9. The highest BCUT2D eigenvalue weighted by Gasteiger charge is 2.07. The number of aromatic nitrogens is 4. The molecule has 2 heterocycles. The molecule has 0 spiro atoms. The molecule has 0 aliphatic heterocycles. The Morgan fingerprint density at radius 3 is 2.93 bits per heavy atom. The molecule has 0 aliphatic carbocycles. The number of rotatable bonds is 2. The van der Waals surface area contributed by atoms with Crippen molar-refractivity contribution in [3.8, 4) is 5.82 Å². The zero-order chi connectivity index (χ0) is 9.97. The van der Waals surface area contributed by atoms with Crippen LogP contribution in [0.25, 0.3) is 5.82 Å². The molecule has 0 bridgehead atoms. The molecule has 2 rings (SSSR count). The monoisotopic (exact) mass is 252 g/mol. The highest BCUT2D eigenvalue weighted by atomic mass is 79.9. The molecule has 14 heavy (non-hydrogen) atoms. The summed E-state index contributed by atoms with van der Waals surface area (Å²) in [5.41, 5.74) is 2.25. The van der Waals surface area contributed by atoms with Crippen molar-refractivity contribution >= 4 is 15.9 Å². The van der Waals surface area contributed by atoms with E-state index in [1.54, 1.807) is 10.9 Å². The Morgan fingerprint density at radius 1 is 1.50 bits per heavy atom. The minimum Gasteiger partial charge on any atom is -0.218 e. The molecular weight excluding hydrogens is 244 g/mol. The van der Waals surface area contributed by atoms with E-state index >= 15 is 0 Å². The first kappa shape index (κ1) is 9.33. The van der Waals surface area contributed by atoms with Crippen molar-refractivity contribution in [3.05, 3.63) is 35.8 Å². The van der Waals surface area contributed by atoms with E-state index in [4.69, 9.17) is 0 Å². The van der Waals surface area contributed by atoms with Crippen LogP contribution in [0.3, 0.4) is 0 Å². The van der Waals surface area contributed by atoms with Crippen LogP contribution in [0.2, 0.25) is 0 Å². The lowest BCUT2D eigenvalue weighted by atomic mass is 10.3. The standard InChI is InChI=1S/C9H9BrN4/c1-7-8(5-10)6-12-14(7)9-3-2-4-11-13-9/h2-4,6H,5H2,1H3. The number of alkyl halides is 1. The van der Waals surface area contributed by atoms with Gasteiger partial charge in [0, 0.05) is 22.8 Å². The van der Waals surface area contributed by atoms with Crippen molar-refractivity contribution in [1.29, 1.82) is 0 Å². The largest absolute Gasteiger partial charge is 0.218 e. The smallest absolute Gasteiger partial charge is 0.175 e. The lowest BCUT2D eigenvalue weighted by molar-refractivity contribution is 0.789. The average Bonchev–Trinajstić information content (AvgIpc) is 2.61. The zero-order valence-electron chi connectivity index (χ0n) is 7.68. The molecule has 0 unspecified atom stereocenters. The van der Waals surface area contributed by atoms with Gasteiger partial charge >= 0.3 is 0 Å². The van der Waals surface area contributed by atoms with Crippen molar-refractivity contribution in [2.75, 3.05) is 0 Å². The molecule has 0 saturated carbocycles. The molecule has 4 nitrogen and oxygen atoms in total. The third-order valence-electron chi connectivity index (χ3n) is 2.03. The molecule has 0 atom stereocenters. The van der Waals surface area contributed by atoms with Crippen LogP contribution in [0.5, 0.6) is 0 Å². The maximum Gasteiger partial charge on any atom is 0.175 e. The summed E-state index contributed by atoms with van der Waals surface area (Å²) >= 11 is 3.40. The second-order valence-electron chi connectivity index (χ2n) is 2.88. The van der Waals surface area contributed by atoms with Gasteiger partial charge in [-0.15, -0.1) is 5.10 Å². The van der Waals surface area contributed by atoms with Gasteiger partial charge in [0.15, 0.2) is 5.82 Å². The lowest BCUT2D eigenvalue weighted by Crippen LogP contribution is -2.02. The summed E-state index contributed by atoms with van der Waals surface area (Å²) in [6.45, 7) is 2.01. The fourth-order valence-electron chi connectivity index (χ4n) is 1.21. The van der Waals surface area contributed by atoms with E-state index in [9.17, 15) is 0 Å². The van der Waals surface area contributed by atoms with Gasteiger partial charge < -0.3 is 0 Å². The second kappa shape index (κ2) is 3.88. The Hall–Kier alpha value is -1.23. The highest BCUT2D eigenvalue weighted by molar-refractivity contribution is 9.08. The van der Waals surface area contributed by atoms with E-state index < -0.39 is 0 Å². The number of hydrogen-bond donors (Lipinski definition) is 0. The summed E-state index contributed by atoms with van der Waals surface area (Å²) in [5.74, 6) is 0.747. The molecule has 0 aliphatic rings. The van der Waals surface area contributed by atoms with Gasteiger partial charge in [-0.2, -0.15) is 10.2 Å². The fourth-order valence-corrected chi connectivity index (χ4v) is 1.76. The summed E-state index contributed by atoms with van der Waals surface area (Å²) in [7, 11) is 0. The minimum absolute atomic E-state index is 0.747. The van der Waals surface area contributed by atoms with Gasteiger partial charge in [-0.3, -0.25) is 0 Å². The number of hydrogen-bond acceptors (Lipinski definition) is 3. The van der Waals surface area contributed by atoms with Crippen molar-refractivity contribution in [3.63, 3.8) is 0 Å². The third-order valence-corrected chi connectivity index (χ3v) is 2.63. The van der Waals surface area contributed by atoms with Gasteiger partial charge in [-0.25, -0.2) is 4.68 Å². The Labute approximate surface area is 90.1 Å². The summed E-state index contributed by atoms with van der Waals surface area (Å²) in [6, 6.07) is 3.72. The van der Waals surface area contributed by atoms with Crippen LogP contribution >= 0.6 is 15.9 Å².